The zero-order valence-electron chi connectivity index (χ0n) is 20.0. The maximum Gasteiger partial charge on any atom is 0.253 e. The second kappa shape index (κ2) is 11.6. The summed E-state index contributed by atoms with van der Waals surface area (Å²) in [6, 6.07) is 15.1. The predicted octanol–water partition coefficient (Wildman–Crippen LogP) is 6.18. The minimum atomic E-state index is -1.03. The lowest BCUT2D eigenvalue weighted by molar-refractivity contribution is -0.181. The van der Waals surface area contributed by atoms with Crippen LogP contribution in [0.25, 0.3) is 0 Å². The summed E-state index contributed by atoms with van der Waals surface area (Å²) in [7, 11) is 0. The number of carbonyl (C=O) groups is 2. The second-order valence-electron chi connectivity index (χ2n) is 9.00. The van der Waals surface area contributed by atoms with Crippen molar-refractivity contribution >= 4 is 35.0 Å². The van der Waals surface area contributed by atoms with Gasteiger partial charge in [-0.2, -0.15) is 0 Å². The monoisotopic (exact) mass is 546 g/mol. The SMILES string of the molecule is CCC[C@@H](C(N)=O)N1C(=O)[C@H](Cc2ccc(F)cc2)O[C@@H](c2ccc(Cl)c(F)c2)[C@H]1c1ccc(Cl)cc1. The third-order valence-corrected chi connectivity index (χ3v) is 7.03. The van der Waals surface area contributed by atoms with Gasteiger partial charge < -0.3 is 15.4 Å². The number of benzene rings is 3. The van der Waals surface area contributed by atoms with E-state index in [0.717, 1.165) is 0 Å². The summed E-state index contributed by atoms with van der Waals surface area (Å²) in [5, 5.41) is 0.432. The van der Waals surface area contributed by atoms with E-state index in [-0.39, 0.29) is 11.4 Å². The fraction of sp³-hybridized carbons (Fsp3) is 0.286. The van der Waals surface area contributed by atoms with Crippen LogP contribution in [0.1, 0.15) is 48.6 Å². The molecule has 194 valence electrons. The standard InChI is InChI=1S/C28H26Cl2F2N2O3/c1-2-3-23(27(33)35)34-25(17-6-9-19(29)10-7-17)26(18-8-13-21(30)22(32)15-18)37-24(28(34)36)14-16-4-11-20(31)12-5-16/h4-13,15,23-26H,2-3,14H2,1H3,(H2,33,35)/t23-,24-,25+,26-/m0/s1. The van der Waals surface area contributed by atoms with Crippen LogP contribution in [0, 0.1) is 11.6 Å². The molecule has 1 aliphatic rings. The maximum atomic E-state index is 14.6. The van der Waals surface area contributed by atoms with E-state index in [1.165, 1.54) is 29.2 Å². The van der Waals surface area contributed by atoms with Gasteiger partial charge in [0.15, 0.2) is 0 Å². The molecule has 2 amide bonds. The number of primary amides is 1. The number of amides is 2. The molecule has 0 radical (unpaired) electrons. The van der Waals surface area contributed by atoms with E-state index in [0.29, 0.717) is 34.6 Å². The maximum absolute atomic E-state index is 14.6. The highest BCUT2D eigenvalue weighted by atomic mass is 35.5. The van der Waals surface area contributed by atoms with Crippen LogP contribution >= 0.6 is 23.2 Å². The van der Waals surface area contributed by atoms with Crippen molar-refractivity contribution in [3.8, 4) is 0 Å². The van der Waals surface area contributed by atoms with Gasteiger partial charge in [-0.05, 0) is 59.5 Å². The van der Waals surface area contributed by atoms with Crippen molar-refractivity contribution in [1.82, 2.24) is 4.90 Å². The number of nitrogens with two attached hydrogens (primary N) is 1. The molecule has 0 unspecified atom stereocenters. The molecule has 37 heavy (non-hydrogen) atoms. The number of rotatable bonds is 8. The summed E-state index contributed by atoms with van der Waals surface area (Å²) in [4.78, 5) is 28.1. The average Bonchev–Trinajstić information content (AvgIpc) is 2.87. The van der Waals surface area contributed by atoms with Gasteiger partial charge in [-0.3, -0.25) is 9.59 Å². The average molecular weight is 547 g/mol. The van der Waals surface area contributed by atoms with Crippen LogP contribution in [0.5, 0.6) is 0 Å². The topological polar surface area (TPSA) is 72.6 Å². The van der Waals surface area contributed by atoms with Gasteiger partial charge >= 0.3 is 0 Å². The minimum Gasteiger partial charge on any atom is -0.368 e. The first-order valence-corrected chi connectivity index (χ1v) is 12.7. The Hall–Kier alpha value is -3.00. The van der Waals surface area contributed by atoms with Crippen LogP contribution in [0.4, 0.5) is 8.78 Å². The summed E-state index contributed by atoms with van der Waals surface area (Å²) in [6.45, 7) is 1.89. The van der Waals surface area contributed by atoms with Crippen molar-refractivity contribution in [2.75, 3.05) is 0 Å². The van der Waals surface area contributed by atoms with Crippen LogP contribution in [-0.2, 0) is 20.7 Å². The van der Waals surface area contributed by atoms with Gasteiger partial charge in [0, 0.05) is 11.4 Å². The molecule has 1 heterocycles. The third-order valence-electron chi connectivity index (χ3n) is 6.47. The number of morpholine rings is 1. The Morgan fingerprint density at radius 2 is 1.68 bits per heavy atom. The number of hydrogen-bond acceptors (Lipinski definition) is 3. The molecule has 4 atom stereocenters. The van der Waals surface area contributed by atoms with Gasteiger partial charge in [0.25, 0.3) is 5.91 Å². The van der Waals surface area contributed by atoms with E-state index < -0.39 is 47.7 Å². The smallest absolute Gasteiger partial charge is 0.253 e. The first kappa shape index (κ1) is 27.0. The molecule has 3 aromatic rings. The van der Waals surface area contributed by atoms with Gasteiger partial charge in [-0.1, -0.05) is 66.9 Å². The first-order chi connectivity index (χ1) is 17.7. The highest BCUT2D eigenvalue weighted by molar-refractivity contribution is 6.30. The molecule has 9 heteroatoms. The van der Waals surface area contributed by atoms with Gasteiger partial charge in [-0.15, -0.1) is 0 Å². The summed E-state index contributed by atoms with van der Waals surface area (Å²) >= 11 is 12.1. The molecule has 2 N–H and O–H groups in total. The van der Waals surface area contributed by atoms with Crippen molar-refractivity contribution in [3.63, 3.8) is 0 Å². The van der Waals surface area contributed by atoms with Crippen LogP contribution in [-0.4, -0.2) is 28.9 Å². The van der Waals surface area contributed by atoms with Gasteiger partial charge in [0.2, 0.25) is 5.91 Å². The molecular weight excluding hydrogens is 521 g/mol. The van der Waals surface area contributed by atoms with E-state index in [2.05, 4.69) is 0 Å². The summed E-state index contributed by atoms with van der Waals surface area (Å²) < 4.78 is 34.4. The Balaban J connectivity index is 1.87. The number of halogens is 4. The summed E-state index contributed by atoms with van der Waals surface area (Å²) in [5.41, 5.74) is 7.55. The van der Waals surface area contributed by atoms with Crippen molar-refractivity contribution < 1.29 is 23.1 Å². The van der Waals surface area contributed by atoms with Gasteiger partial charge in [-0.25, -0.2) is 8.78 Å². The number of hydrogen-bond donors (Lipinski definition) is 1. The lowest BCUT2D eigenvalue weighted by Gasteiger charge is -2.47. The number of carbonyl (C=O) groups excluding carboxylic acids is 2. The van der Waals surface area contributed by atoms with E-state index in [9.17, 15) is 18.4 Å². The second-order valence-corrected chi connectivity index (χ2v) is 9.84. The molecule has 1 saturated heterocycles. The van der Waals surface area contributed by atoms with Crippen molar-refractivity contribution in [2.24, 2.45) is 5.73 Å². The van der Waals surface area contributed by atoms with Crippen LogP contribution < -0.4 is 5.73 Å². The predicted molar refractivity (Wildman–Crippen MR) is 138 cm³/mol. The van der Waals surface area contributed by atoms with Crippen LogP contribution in [0.2, 0.25) is 10.0 Å². The Bertz CT molecular complexity index is 1270. The Labute approximate surface area is 224 Å². The normalized spacial score (nSPS) is 20.6. The van der Waals surface area contributed by atoms with Crippen molar-refractivity contribution in [3.05, 3.63) is 105 Å². The highest BCUT2D eigenvalue weighted by Crippen LogP contribution is 2.44. The lowest BCUT2D eigenvalue weighted by atomic mass is 9.88. The molecule has 0 aliphatic carbocycles. The van der Waals surface area contributed by atoms with Crippen LogP contribution in [0.3, 0.4) is 0 Å². The molecule has 0 bridgehead atoms. The van der Waals surface area contributed by atoms with E-state index in [1.54, 1.807) is 42.5 Å². The zero-order valence-corrected chi connectivity index (χ0v) is 21.6. The van der Waals surface area contributed by atoms with E-state index >= 15 is 0 Å². The van der Waals surface area contributed by atoms with E-state index in [1.807, 2.05) is 6.92 Å². The molecule has 4 rings (SSSR count). The lowest BCUT2D eigenvalue weighted by Crippen LogP contribution is -2.58. The van der Waals surface area contributed by atoms with Gasteiger partial charge in [0.05, 0.1) is 11.1 Å². The Morgan fingerprint density at radius 1 is 1.03 bits per heavy atom. The highest BCUT2D eigenvalue weighted by Gasteiger charge is 2.48. The van der Waals surface area contributed by atoms with Gasteiger partial charge in [0.1, 0.15) is 29.9 Å². The Morgan fingerprint density at radius 3 is 2.27 bits per heavy atom. The Kier molecular flexibility index (Phi) is 8.47. The quantitative estimate of drug-likeness (QED) is 0.366. The first-order valence-electron chi connectivity index (χ1n) is 11.9. The number of ether oxygens (including phenoxy) is 1. The molecular formula is C28H26Cl2F2N2O3. The molecule has 0 aromatic heterocycles. The largest absolute Gasteiger partial charge is 0.368 e. The fourth-order valence-corrected chi connectivity index (χ4v) is 4.96. The van der Waals surface area contributed by atoms with Crippen molar-refractivity contribution in [1.29, 1.82) is 0 Å². The third kappa shape index (κ3) is 5.95. The van der Waals surface area contributed by atoms with Crippen molar-refractivity contribution in [2.45, 2.75) is 50.5 Å². The zero-order chi connectivity index (χ0) is 26.7. The summed E-state index contributed by atoms with van der Waals surface area (Å²) in [5.74, 6) is -2.14. The number of nitrogens with zero attached hydrogens (tertiary/aromatic N) is 1. The molecule has 0 saturated carbocycles. The molecule has 1 fully saturated rings. The summed E-state index contributed by atoms with van der Waals surface area (Å²) in [6.07, 6.45) is -0.858. The van der Waals surface area contributed by atoms with E-state index in [4.69, 9.17) is 33.7 Å². The molecule has 3 aromatic carbocycles. The van der Waals surface area contributed by atoms with Crippen LogP contribution in [0.15, 0.2) is 66.7 Å². The molecule has 5 nitrogen and oxygen atoms in total. The molecule has 1 aliphatic heterocycles. The molecule has 0 spiro atoms. The fourth-order valence-electron chi connectivity index (χ4n) is 4.71. The minimum absolute atomic E-state index is 0.0561.